The van der Waals surface area contributed by atoms with Gasteiger partial charge in [-0.05, 0) is 25.3 Å². The van der Waals surface area contributed by atoms with Crippen LogP contribution in [0.5, 0.6) is 0 Å². The highest BCUT2D eigenvalue weighted by molar-refractivity contribution is 5.98. The maximum atomic E-state index is 11.9. The standard InChI is InChI=1S/C13H16O3.C8H11N/c1-3-9(4-2)12(14)10-5-7-11(8-6-10)13(15)16;1-7(9)8-5-3-2-4-6-8/h5-9H,3-4H2,1-2H3,(H,15,16);2-7H,9H2,1H3/t;7-/m.1/s1. The highest BCUT2D eigenvalue weighted by Crippen LogP contribution is 2.16. The second kappa shape index (κ2) is 10.4. The second-order valence-corrected chi connectivity index (χ2v) is 6.05. The Morgan fingerprint density at radius 1 is 0.920 bits per heavy atom. The Balaban J connectivity index is 0.000000293. The van der Waals surface area contributed by atoms with E-state index in [0.717, 1.165) is 12.8 Å². The molecular weight excluding hydrogens is 314 g/mol. The van der Waals surface area contributed by atoms with Crippen molar-refractivity contribution in [2.75, 3.05) is 0 Å². The lowest BCUT2D eigenvalue weighted by molar-refractivity contribution is -0.420. The Morgan fingerprint density at radius 3 is 1.76 bits per heavy atom. The van der Waals surface area contributed by atoms with Crippen LogP contribution < -0.4 is 10.8 Å². The first-order valence-corrected chi connectivity index (χ1v) is 8.64. The van der Waals surface area contributed by atoms with Gasteiger partial charge in [0.1, 0.15) is 6.04 Å². The predicted octanol–water partition coefficient (Wildman–Crippen LogP) is 2.66. The molecule has 2 aromatic carbocycles. The first-order valence-electron chi connectivity index (χ1n) is 8.64. The molecule has 4 heteroatoms. The number of carboxylic acids is 1. The van der Waals surface area contributed by atoms with E-state index in [-0.39, 0.29) is 17.3 Å². The highest BCUT2D eigenvalue weighted by atomic mass is 16.4. The summed E-state index contributed by atoms with van der Waals surface area (Å²) in [7, 11) is 0. The molecule has 0 aliphatic rings. The fourth-order valence-corrected chi connectivity index (χ4v) is 2.45. The third-order valence-corrected chi connectivity index (χ3v) is 4.13. The molecule has 0 aliphatic heterocycles. The van der Waals surface area contributed by atoms with Gasteiger partial charge in [-0.15, -0.1) is 0 Å². The van der Waals surface area contributed by atoms with Crippen LogP contribution in [0, 0.1) is 5.92 Å². The smallest absolute Gasteiger partial charge is 0.165 e. The minimum absolute atomic E-state index is 0.0220. The fourth-order valence-electron chi connectivity index (χ4n) is 2.45. The molecule has 3 N–H and O–H groups in total. The summed E-state index contributed by atoms with van der Waals surface area (Å²) < 4.78 is 0. The van der Waals surface area contributed by atoms with E-state index in [0.29, 0.717) is 11.6 Å². The fraction of sp³-hybridized carbons (Fsp3) is 0.333. The van der Waals surface area contributed by atoms with Gasteiger partial charge in [0, 0.05) is 17.0 Å². The van der Waals surface area contributed by atoms with Gasteiger partial charge in [-0.3, -0.25) is 4.79 Å². The number of aromatic carboxylic acids is 1. The van der Waals surface area contributed by atoms with E-state index in [4.69, 9.17) is 0 Å². The summed E-state index contributed by atoms with van der Waals surface area (Å²) in [4.78, 5) is 22.5. The van der Waals surface area contributed by atoms with Crippen LogP contribution in [-0.4, -0.2) is 11.8 Å². The zero-order valence-electron chi connectivity index (χ0n) is 15.2. The van der Waals surface area contributed by atoms with Crippen molar-refractivity contribution in [2.45, 2.75) is 39.7 Å². The number of benzene rings is 2. The number of ketones is 1. The molecule has 0 aliphatic carbocycles. The molecule has 4 nitrogen and oxygen atoms in total. The average molecular weight is 341 g/mol. The number of carbonyl (C=O) groups excluding carboxylic acids is 2. The van der Waals surface area contributed by atoms with Gasteiger partial charge in [0.15, 0.2) is 5.78 Å². The third kappa shape index (κ3) is 6.51. The zero-order valence-corrected chi connectivity index (χ0v) is 15.2. The van der Waals surface area contributed by atoms with Gasteiger partial charge in [-0.1, -0.05) is 68.4 Å². The number of carbonyl (C=O) groups is 2. The van der Waals surface area contributed by atoms with Gasteiger partial charge in [-0.2, -0.15) is 0 Å². The van der Waals surface area contributed by atoms with Crippen LogP contribution in [0.15, 0.2) is 54.6 Å². The SMILES string of the molecule is CCC(CC)C(=O)c1ccc(C(=O)[O-])cc1.C[C@@H]([NH3+])c1ccccc1. The van der Waals surface area contributed by atoms with Gasteiger partial charge in [0.05, 0.1) is 5.97 Å². The molecule has 0 radical (unpaired) electrons. The first-order chi connectivity index (χ1) is 11.9. The predicted molar refractivity (Wildman–Crippen MR) is 96.9 cm³/mol. The van der Waals surface area contributed by atoms with Crippen LogP contribution in [0.3, 0.4) is 0 Å². The molecule has 1 atom stereocenters. The molecule has 25 heavy (non-hydrogen) atoms. The van der Waals surface area contributed by atoms with Crippen molar-refractivity contribution in [3.63, 3.8) is 0 Å². The Morgan fingerprint density at radius 2 is 1.40 bits per heavy atom. The monoisotopic (exact) mass is 341 g/mol. The number of carboxylic acid groups (broad SMARTS) is 1. The van der Waals surface area contributed by atoms with Crippen molar-refractivity contribution < 1.29 is 20.4 Å². The zero-order chi connectivity index (χ0) is 18.8. The molecule has 0 spiro atoms. The Kier molecular flexibility index (Phi) is 8.57. The summed E-state index contributed by atoms with van der Waals surface area (Å²) in [6.45, 7) is 6.04. The third-order valence-electron chi connectivity index (χ3n) is 4.13. The second-order valence-electron chi connectivity index (χ2n) is 6.05. The minimum Gasteiger partial charge on any atom is -0.545 e. The quantitative estimate of drug-likeness (QED) is 0.820. The first kappa shape index (κ1) is 20.6. The summed E-state index contributed by atoms with van der Waals surface area (Å²) in [5, 5.41) is 10.5. The van der Waals surface area contributed by atoms with Crippen molar-refractivity contribution >= 4 is 11.8 Å². The van der Waals surface area contributed by atoms with Crippen LogP contribution in [-0.2, 0) is 0 Å². The molecule has 0 bridgehead atoms. The lowest BCUT2D eigenvalue weighted by Crippen LogP contribution is -2.51. The van der Waals surface area contributed by atoms with Crippen molar-refractivity contribution in [2.24, 2.45) is 5.92 Å². The van der Waals surface area contributed by atoms with Crippen molar-refractivity contribution in [3.05, 3.63) is 71.3 Å². The van der Waals surface area contributed by atoms with E-state index in [1.54, 1.807) is 12.1 Å². The summed E-state index contributed by atoms with van der Waals surface area (Å²) in [6.07, 6.45) is 1.61. The van der Waals surface area contributed by atoms with Gasteiger partial charge in [0.25, 0.3) is 0 Å². The van der Waals surface area contributed by atoms with Crippen LogP contribution >= 0.6 is 0 Å². The maximum absolute atomic E-state index is 11.9. The summed E-state index contributed by atoms with van der Waals surface area (Å²) in [6, 6.07) is 16.6. The van der Waals surface area contributed by atoms with E-state index in [2.05, 4.69) is 24.8 Å². The van der Waals surface area contributed by atoms with E-state index < -0.39 is 5.97 Å². The van der Waals surface area contributed by atoms with E-state index in [9.17, 15) is 14.7 Å². The molecule has 0 aromatic heterocycles. The molecule has 134 valence electrons. The van der Waals surface area contributed by atoms with Crippen LogP contribution in [0.25, 0.3) is 0 Å². The molecule has 0 saturated carbocycles. The highest BCUT2D eigenvalue weighted by Gasteiger charge is 2.15. The topological polar surface area (TPSA) is 84.8 Å². The molecule has 0 fully saturated rings. The summed E-state index contributed by atoms with van der Waals surface area (Å²) >= 11 is 0. The molecule has 0 amide bonds. The lowest BCUT2D eigenvalue weighted by atomic mass is 9.93. The average Bonchev–Trinajstić information content (AvgIpc) is 2.64. The molecule has 2 aromatic rings. The van der Waals surface area contributed by atoms with Gasteiger partial charge >= 0.3 is 0 Å². The van der Waals surface area contributed by atoms with Gasteiger partial charge in [-0.25, -0.2) is 0 Å². The molecule has 0 heterocycles. The molecule has 2 rings (SSSR count). The maximum Gasteiger partial charge on any atom is 0.165 e. The number of Topliss-reactive ketones (excluding diaryl/α,β-unsaturated/α-hetero) is 1. The summed E-state index contributed by atoms with van der Waals surface area (Å²) in [5.41, 5.74) is 5.88. The van der Waals surface area contributed by atoms with Crippen LogP contribution in [0.1, 0.15) is 65.9 Å². The minimum atomic E-state index is -1.22. The van der Waals surface area contributed by atoms with E-state index in [1.165, 1.54) is 17.7 Å². The molecule has 0 saturated heterocycles. The van der Waals surface area contributed by atoms with E-state index >= 15 is 0 Å². The number of hydrogen-bond donors (Lipinski definition) is 1. The lowest BCUT2D eigenvalue weighted by Gasteiger charge is -2.11. The number of rotatable bonds is 6. The van der Waals surface area contributed by atoms with Gasteiger partial charge < -0.3 is 15.6 Å². The Bertz CT molecular complexity index is 659. The molecular formula is C21H27NO3. The Hall–Kier alpha value is -2.46. The molecule has 0 unspecified atom stereocenters. The number of hydrogen-bond acceptors (Lipinski definition) is 3. The van der Waals surface area contributed by atoms with E-state index in [1.807, 2.05) is 32.0 Å². The number of quaternary nitrogens is 1. The van der Waals surface area contributed by atoms with Crippen LogP contribution in [0.2, 0.25) is 0 Å². The largest absolute Gasteiger partial charge is 0.545 e. The van der Waals surface area contributed by atoms with Gasteiger partial charge in [0.2, 0.25) is 0 Å². The van der Waals surface area contributed by atoms with Crippen LogP contribution in [0.4, 0.5) is 0 Å². The van der Waals surface area contributed by atoms with Crippen molar-refractivity contribution in [1.82, 2.24) is 0 Å². The van der Waals surface area contributed by atoms with Crippen molar-refractivity contribution in [1.29, 1.82) is 0 Å². The summed E-state index contributed by atoms with van der Waals surface area (Å²) in [5.74, 6) is -1.12. The Labute approximate surface area is 149 Å². The normalized spacial score (nSPS) is 11.4. The van der Waals surface area contributed by atoms with Crippen molar-refractivity contribution in [3.8, 4) is 0 Å².